The van der Waals surface area contributed by atoms with Gasteiger partial charge in [0.25, 0.3) is 0 Å². The number of benzene rings is 2. The van der Waals surface area contributed by atoms with Crippen molar-refractivity contribution >= 4 is 5.69 Å². The van der Waals surface area contributed by atoms with Gasteiger partial charge in [0, 0.05) is 12.2 Å². The molecule has 1 saturated heterocycles. The summed E-state index contributed by atoms with van der Waals surface area (Å²) in [5.74, 6) is 0. The lowest BCUT2D eigenvalue weighted by Crippen LogP contribution is -2.35. The first-order valence-electron chi connectivity index (χ1n) is 7.58. The highest BCUT2D eigenvalue weighted by Crippen LogP contribution is 2.63. The number of rotatable bonds is 2. The van der Waals surface area contributed by atoms with Gasteiger partial charge in [-0.05, 0) is 28.8 Å². The SMILES string of the molecule is C=C1CN(c2ccccc2)[C@@H]2c3ccccc3[C@H](O)[C@]12CO. The molecule has 3 nitrogen and oxygen atoms in total. The predicted molar refractivity (Wildman–Crippen MR) is 86.6 cm³/mol. The lowest BCUT2D eigenvalue weighted by atomic mass is 9.76. The smallest absolute Gasteiger partial charge is 0.0932 e. The number of aliphatic hydroxyl groups is 2. The van der Waals surface area contributed by atoms with Crippen LogP contribution in [0.15, 0.2) is 66.7 Å². The van der Waals surface area contributed by atoms with Crippen LogP contribution in [0.25, 0.3) is 0 Å². The molecule has 0 amide bonds. The van der Waals surface area contributed by atoms with Gasteiger partial charge in [-0.1, -0.05) is 49.0 Å². The van der Waals surface area contributed by atoms with Gasteiger partial charge in [-0.15, -0.1) is 0 Å². The molecule has 1 aliphatic heterocycles. The Labute approximate surface area is 130 Å². The summed E-state index contributed by atoms with van der Waals surface area (Å²) in [5.41, 5.74) is 3.27. The third-order valence-electron chi connectivity index (χ3n) is 5.24. The average Bonchev–Trinajstić information content (AvgIpc) is 3.01. The Bertz CT molecular complexity index is 727. The third-order valence-corrected chi connectivity index (χ3v) is 5.24. The lowest BCUT2D eigenvalue weighted by Gasteiger charge is -2.34. The van der Waals surface area contributed by atoms with E-state index >= 15 is 0 Å². The van der Waals surface area contributed by atoms with Gasteiger partial charge in [0.2, 0.25) is 0 Å². The highest BCUT2D eigenvalue weighted by molar-refractivity contribution is 5.60. The zero-order valence-electron chi connectivity index (χ0n) is 12.3. The number of anilines is 1. The van der Waals surface area contributed by atoms with Crippen molar-refractivity contribution in [3.63, 3.8) is 0 Å². The first-order valence-corrected chi connectivity index (χ1v) is 7.58. The van der Waals surface area contributed by atoms with Crippen molar-refractivity contribution in [3.8, 4) is 0 Å². The molecular formula is C19H19NO2. The van der Waals surface area contributed by atoms with Crippen LogP contribution in [-0.2, 0) is 0 Å². The second-order valence-corrected chi connectivity index (χ2v) is 6.20. The molecular weight excluding hydrogens is 274 g/mol. The van der Waals surface area contributed by atoms with Gasteiger partial charge < -0.3 is 15.1 Å². The summed E-state index contributed by atoms with van der Waals surface area (Å²) in [6.07, 6.45) is -0.708. The van der Waals surface area contributed by atoms with Gasteiger partial charge in [0.1, 0.15) is 0 Å². The van der Waals surface area contributed by atoms with Crippen LogP contribution in [0.5, 0.6) is 0 Å². The summed E-state index contributed by atoms with van der Waals surface area (Å²) in [6.45, 7) is 4.74. The van der Waals surface area contributed by atoms with E-state index in [1.165, 1.54) is 0 Å². The molecule has 1 aliphatic carbocycles. The molecule has 3 atom stereocenters. The minimum Gasteiger partial charge on any atom is -0.395 e. The van der Waals surface area contributed by atoms with Crippen LogP contribution in [0.2, 0.25) is 0 Å². The maximum absolute atomic E-state index is 10.9. The fourth-order valence-electron chi connectivity index (χ4n) is 4.13. The topological polar surface area (TPSA) is 43.7 Å². The van der Waals surface area contributed by atoms with Crippen molar-refractivity contribution in [2.75, 3.05) is 18.1 Å². The molecule has 0 unspecified atom stereocenters. The Balaban J connectivity index is 1.92. The first-order chi connectivity index (χ1) is 10.7. The molecule has 2 aliphatic rings. The first kappa shape index (κ1) is 13.6. The molecule has 22 heavy (non-hydrogen) atoms. The standard InChI is InChI=1S/C19H19NO2/c1-13-11-20(14-7-3-2-4-8-14)17-15-9-5-6-10-16(15)18(22)19(13,17)12-21/h2-10,17-18,21-22H,1,11-12H2/t17-,18+,19-/m1/s1. The van der Waals surface area contributed by atoms with Crippen LogP contribution >= 0.6 is 0 Å². The van der Waals surface area contributed by atoms with Gasteiger partial charge in [0.15, 0.2) is 0 Å². The molecule has 2 aromatic carbocycles. The molecule has 0 aromatic heterocycles. The van der Waals surface area contributed by atoms with Crippen molar-refractivity contribution in [1.82, 2.24) is 0 Å². The Morgan fingerprint density at radius 1 is 1.05 bits per heavy atom. The van der Waals surface area contributed by atoms with E-state index in [2.05, 4.69) is 29.7 Å². The summed E-state index contributed by atoms with van der Waals surface area (Å²) in [4.78, 5) is 2.24. The van der Waals surface area contributed by atoms with Crippen molar-refractivity contribution in [1.29, 1.82) is 0 Å². The largest absolute Gasteiger partial charge is 0.395 e. The van der Waals surface area contributed by atoms with Gasteiger partial charge >= 0.3 is 0 Å². The summed E-state index contributed by atoms with van der Waals surface area (Å²) >= 11 is 0. The number of hydrogen-bond acceptors (Lipinski definition) is 3. The second kappa shape index (κ2) is 4.70. The summed E-state index contributed by atoms with van der Waals surface area (Å²) in [6, 6.07) is 18.0. The minimum absolute atomic E-state index is 0.0707. The van der Waals surface area contributed by atoms with Gasteiger partial charge in [0.05, 0.1) is 24.2 Å². The van der Waals surface area contributed by atoms with Crippen molar-refractivity contribution in [3.05, 3.63) is 77.9 Å². The second-order valence-electron chi connectivity index (χ2n) is 6.20. The van der Waals surface area contributed by atoms with Gasteiger partial charge in [-0.25, -0.2) is 0 Å². The third kappa shape index (κ3) is 1.52. The van der Waals surface area contributed by atoms with E-state index in [9.17, 15) is 10.2 Å². The van der Waals surface area contributed by atoms with E-state index < -0.39 is 11.5 Å². The lowest BCUT2D eigenvalue weighted by molar-refractivity contribution is 0.0151. The Hall–Kier alpha value is -2.10. The average molecular weight is 293 g/mol. The molecule has 0 saturated carbocycles. The van der Waals surface area contributed by atoms with Crippen LogP contribution in [0.3, 0.4) is 0 Å². The van der Waals surface area contributed by atoms with Crippen LogP contribution in [-0.4, -0.2) is 23.4 Å². The van der Waals surface area contributed by atoms with Crippen molar-refractivity contribution in [2.24, 2.45) is 5.41 Å². The van der Waals surface area contributed by atoms with Crippen LogP contribution < -0.4 is 4.90 Å². The molecule has 4 rings (SSSR count). The summed E-state index contributed by atoms with van der Waals surface area (Å²) in [7, 11) is 0. The number of para-hydroxylation sites is 1. The van der Waals surface area contributed by atoms with Crippen LogP contribution in [0.1, 0.15) is 23.3 Å². The van der Waals surface area contributed by atoms with E-state index in [-0.39, 0.29) is 12.6 Å². The van der Waals surface area contributed by atoms with E-state index in [1.807, 2.05) is 36.4 Å². The molecule has 1 heterocycles. The summed E-state index contributed by atoms with van der Waals surface area (Å²) in [5, 5.41) is 21.0. The number of fused-ring (bicyclic) bond motifs is 3. The van der Waals surface area contributed by atoms with E-state index in [4.69, 9.17) is 0 Å². The molecule has 2 N–H and O–H groups in total. The van der Waals surface area contributed by atoms with Gasteiger partial charge in [-0.2, -0.15) is 0 Å². The Morgan fingerprint density at radius 2 is 1.68 bits per heavy atom. The molecule has 2 aromatic rings. The zero-order valence-corrected chi connectivity index (χ0v) is 12.3. The fourth-order valence-corrected chi connectivity index (χ4v) is 4.13. The maximum atomic E-state index is 10.9. The van der Waals surface area contributed by atoms with E-state index in [0.29, 0.717) is 6.54 Å². The molecule has 0 bridgehead atoms. The highest BCUT2D eigenvalue weighted by Gasteiger charge is 2.60. The predicted octanol–water partition coefficient (Wildman–Crippen LogP) is 2.83. The maximum Gasteiger partial charge on any atom is 0.0932 e. The fraction of sp³-hybridized carbons (Fsp3) is 0.263. The molecule has 112 valence electrons. The van der Waals surface area contributed by atoms with Crippen molar-refractivity contribution < 1.29 is 10.2 Å². The molecule has 3 heteroatoms. The monoisotopic (exact) mass is 293 g/mol. The minimum atomic E-state index is -0.709. The van der Waals surface area contributed by atoms with Gasteiger partial charge in [-0.3, -0.25) is 0 Å². The Morgan fingerprint density at radius 3 is 2.36 bits per heavy atom. The van der Waals surface area contributed by atoms with Crippen LogP contribution in [0, 0.1) is 5.41 Å². The molecule has 1 fully saturated rings. The van der Waals surface area contributed by atoms with E-state index in [1.54, 1.807) is 0 Å². The summed E-state index contributed by atoms with van der Waals surface area (Å²) < 4.78 is 0. The Kier molecular flexibility index (Phi) is 2.90. The van der Waals surface area contributed by atoms with E-state index in [0.717, 1.165) is 22.4 Å². The number of hydrogen-bond donors (Lipinski definition) is 2. The quantitative estimate of drug-likeness (QED) is 0.837. The number of nitrogens with zero attached hydrogens (tertiary/aromatic N) is 1. The molecule has 0 radical (unpaired) electrons. The molecule has 0 spiro atoms. The van der Waals surface area contributed by atoms with Crippen LogP contribution in [0.4, 0.5) is 5.69 Å². The zero-order chi connectivity index (χ0) is 15.3. The normalized spacial score (nSPS) is 29.5. The van der Waals surface area contributed by atoms with Crippen molar-refractivity contribution in [2.45, 2.75) is 12.1 Å². The number of aliphatic hydroxyl groups excluding tert-OH is 2. The highest BCUT2D eigenvalue weighted by atomic mass is 16.3.